The van der Waals surface area contributed by atoms with Crippen molar-refractivity contribution in [3.05, 3.63) is 0 Å². The summed E-state index contributed by atoms with van der Waals surface area (Å²) in [7, 11) is -2.28. The first kappa shape index (κ1) is 22.1. The summed E-state index contributed by atoms with van der Waals surface area (Å²) >= 11 is 0. The van der Waals surface area contributed by atoms with E-state index in [1.165, 1.54) is 51.4 Å². The lowest BCUT2D eigenvalue weighted by atomic mass is 10.0. The van der Waals surface area contributed by atoms with Crippen LogP contribution in [0.2, 0.25) is 0 Å². The minimum absolute atomic E-state index is 0.526. The average molecular weight is 334 g/mol. The molecule has 0 rings (SSSR count). The Morgan fingerprint density at radius 2 is 1.55 bits per heavy atom. The monoisotopic (exact) mass is 334 g/mol. The summed E-state index contributed by atoms with van der Waals surface area (Å²) in [6, 6.07) is 0. The first-order valence-corrected chi connectivity index (χ1v) is 10.6. The van der Waals surface area contributed by atoms with Crippen molar-refractivity contribution in [1.82, 2.24) is 0 Å². The van der Waals surface area contributed by atoms with Crippen LogP contribution in [0.3, 0.4) is 0 Å². The molecule has 22 heavy (non-hydrogen) atoms. The van der Waals surface area contributed by atoms with E-state index < -0.39 is 8.25 Å². The van der Waals surface area contributed by atoms with Crippen molar-refractivity contribution in [2.45, 2.75) is 91.9 Å². The Balaban J connectivity index is 3.42. The van der Waals surface area contributed by atoms with E-state index in [-0.39, 0.29) is 0 Å². The molecule has 0 saturated heterocycles. The van der Waals surface area contributed by atoms with Crippen LogP contribution in [-0.2, 0) is 13.6 Å². The zero-order chi connectivity index (χ0) is 16.6. The molecule has 2 atom stereocenters. The Labute approximate surface area is 139 Å². The molecule has 0 aromatic heterocycles. The van der Waals surface area contributed by atoms with Crippen LogP contribution in [0.1, 0.15) is 91.9 Å². The maximum absolute atomic E-state index is 11.7. The molecule has 0 aliphatic rings. The molecule has 0 aliphatic heterocycles. The highest BCUT2D eigenvalue weighted by molar-refractivity contribution is 7.33. The fourth-order valence-electron chi connectivity index (χ4n) is 2.47. The Hall–Kier alpha value is 0.150. The maximum Gasteiger partial charge on any atom is 0.319 e. The van der Waals surface area contributed by atoms with Gasteiger partial charge in [-0.2, -0.15) is 0 Å². The number of unbranched alkanes of at least 4 members (excludes halogenated alkanes) is 5. The Morgan fingerprint density at radius 1 is 0.864 bits per heavy atom. The van der Waals surface area contributed by atoms with Gasteiger partial charge in [-0.25, -0.2) is 0 Å². The molecule has 0 heterocycles. The van der Waals surface area contributed by atoms with E-state index in [0.717, 1.165) is 18.8 Å². The van der Waals surface area contributed by atoms with Gasteiger partial charge in [0.25, 0.3) is 0 Å². The summed E-state index contributed by atoms with van der Waals surface area (Å²) < 4.78 is 22.4. The van der Waals surface area contributed by atoms with Crippen LogP contribution in [0.5, 0.6) is 0 Å². The second-order valence-electron chi connectivity index (χ2n) is 6.78. The molecule has 3 nitrogen and oxygen atoms in total. The van der Waals surface area contributed by atoms with Gasteiger partial charge in [-0.05, 0) is 24.7 Å². The molecule has 0 bridgehead atoms. The van der Waals surface area contributed by atoms with Crippen molar-refractivity contribution in [3.63, 3.8) is 0 Å². The molecule has 0 spiro atoms. The van der Waals surface area contributed by atoms with Gasteiger partial charge in [-0.1, -0.05) is 79.1 Å². The van der Waals surface area contributed by atoms with Crippen LogP contribution in [-0.4, -0.2) is 13.2 Å². The zero-order valence-electron chi connectivity index (χ0n) is 15.4. The van der Waals surface area contributed by atoms with Crippen molar-refractivity contribution in [3.8, 4) is 0 Å². The largest absolute Gasteiger partial charge is 0.319 e. The van der Waals surface area contributed by atoms with E-state index >= 15 is 0 Å². The molecule has 0 aromatic carbocycles. The summed E-state index contributed by atoms with van der Waals surface area (Å²) in [5.74, 6) is 1.34. The quantitative estimate of drug-likeness (QED) is 0.235. The lowest BCUT2D eigenvalue weighted by Gasteiger charge is -2.14. The first-order chi connectivity index (χ1) is 10.6. The Kier molecular flexibility index (Phi) is 16.1. The highest BCUT2D eigenvalue weighted by Gasteiger charge is 2.08. The van der Waals surface area contributed by atoms with Gasteiger partial charge in [-0.3, -0.25) is 4.57 Å². The SMILES string of the molecule is CCCCC(CC)CO[PH](=O)OCCCCCCCC(C)C. The van der Waals surface area contributed by atoms with E-state index in [1.807, 2.05) is 0 Å². The maximum atomic E-state index is 11.7. The van der Waals surface area contributed by atoms with Crippen LogP contribution >= 0.6 is 8.25 Å². The van der Waals surface area contributed by atoms with Crippen molar-refractivity contribution < 1.29 is 13.6 Å². The smallest absolute Gasteiger partial charge is 0.311 e. The fourth-order valence-corrected chi connectivity index (χ4v) is 3.23. The minimum atomic E-state index is -2.28. The summed E-state index contributed by atoms with van der Waals surface area (Å²) in [5, 5.41) is 0. The predicted octanol–water partition coefficient (Wildman–Crippen LogP) is 6.62. The number of hydrogen-bond donors (Lipinski definition) is 0. The van der Waals surface area contributed by atoms with Gasteiger partial charge in [0.2, 0.25) is 0 Å². The van der Waals surface area contributed by atoms with Gasteiger partial charge in [0, 0.05) is 0 Å². The molecule has 0 saturated carbocycles. The molecule has 0 fully saturated rings. The number of rotatable bonds is 16. The van der Waals surface area contributed by atoms with Crippen molar-refractivity contribution >= 4 is 8.25 Å². The Morgan fingerprint density at radius 3 is 2.18 bits per heavy atom. The Bertz CT molecular complexity index is 257. The fraction of sp³-hybridized carbons (Fsp3) is 1.00. The zero-order valence-corrected chi connectivity index (χ0v) is 16.4. The second kappa shape index (κ2) is 16.0. The van der Waals surface area contributed by atoms with Crippen molar-refractivity contribution in [2.75, 3.05) is 13.2 Å². The van der Waals surface area contributed by atoms with Gasteiger partial charge < -0.3 is 9.05 Å². The predicted molar refractivity (Wildman–Crippen MR) is 96.8 cm³/mol. The van der Waals surface area contributed by atoms with E-state index in [0.29, 0.717) is 19.1 Å². The molecular weight excluding hydrogens is 295 g/mol. The minimum Gasteiger partial charge on any atom is -0.311 e. The topological polar surface area (TPSA) is 35.5 Å². The second-order valence-corrected chi connectivity index (χ2v) is 7.85. The molecule has 0 N–H and O–H groups in total. The number of hydrogen-bond acceptors (Lipinski definition) is 3. The lowest BCUT2D eigenvalue weighted by Crippen LogP contribution is -2.06. The lowest BCUT2D eigenvalue weighted by molar-refractivity contribution is 0.187. The van der Waals surface area contributed by atoms with Gasteiger partial charge in [0.1, 0.15) is 0 Å². The molecule has 0 radical (unpaired) electrons. The van der Waals surface area contributed by atoms with Crippen molar-refractivity contribution in [2.24, 2.45) is 11.8 Å². The standard InChI is InChI=1S/C18H39O3P/c1-5-7-14-18(6-2)16-21-22(19)20-15-12-10-8-9-11-13-17(3)4/h17-18,22H,5-16H2,1-4H3. The summed E-state index contributed by atoms with van der Waals surface area (Å²) in [5.41, 5.74) is 0. The van der Waals surface area contributed by atoms with E-state index in [2.05, 4.69) is 27.7 Å². The third-order valence-electron chi connectivity index (χ3n) is 4.13. The van der Waals surface area contributed by atoms with Crippen LogP contribution in [0, 0.1) is 11.8 Å². The van der Waals surface area contributed by atoms with Crippen LogP contribution in [0.15, 0.2) is 0 Å². The molecule has 134 valence electrons. The summed E-state index contributed by atoms with van der Waals surface area (Å²) in [6.45, 7) is 10.1. The molecular formula is C18H39O3P. The summed E-state index contributed by atoms with van der Waals surface area (Å²) in [4.78, 5) is 0. The van der Waals surface area contributed by atoms with Gasteiger partial charge in [0.05, 0.1) is 13.2 Å². The van der Waals surface area contributed by atoms with E-state index in [4.69, 9.17) is 9.05 Å². The molecule has 0 aromatic rings. The van der Waals surface area contributed by atoms with E-state index in [9.17, 15) is 4.57 Å². The molecule has 4 heteroatoms. The van der Waals surface area contributed by atoms with Gasteiger partial charge in [0.15, 0.2) is 0 Å². The van der Waals surface area contributed by atoms with Crippen LogP contribution in [0.4, 0.5) is 0 Å². The summed E-state index contributed by atoms with van der Waals surface area (Å²) in [6.07, 6.45) is 12.1. The van der Waals surface area contributed by atoms with Gasteiger partial charge >= 0.3 is 8.25 Å². The molecule has 0 amide bonds. The van der Waals surface area contributed by atoms with Gasteiger partial charge in [-0.15, -0.1) is 0 Å². The van der Waals surface area contributed by atoms with Crippen LogP contribution < -0.4 is 0 Å². The first-order valence-electron chi connectivity index (χ1n) is 9.39. The third-order valence-corrected chi connectivity index (χ3v) is 4.97. The average Bonchev–Trinajstić information content (AvgIpc) is 2.49. The highest BCUT2D eigenvalue weighted by atomic mass is 31.1. The van der Waals surface area contributed by atoms with Crippen LogP contribution in [0.25, 0.3) is 0 Å². The highest BCUT2D eigenvalue weighted by Crippen LogP contribution is 2.27. The third kappa shape index (κ3) is 15.1. The normalized spacial score (nSPS) is 14.4. The van der Waals surface area contributed by atoms with E-state index in [1.54, 1.807) is 0 Å². The van der Waals surface area contributed by atoms with Crippen molar-refractivity contribution in [1.29, 1.82) is 0 Å². The molecule has 2 unspecified atom stereocenters. The molecule has 0 aliphatic carbocycles.